The topological polar surface area (TPSA) is 152 Å². The van der Waals surface area contributed by atoms with E-state index in [4.69, 9.17) is 9.88 Å². The van der Waals surface area contributed by atoms with E-state index in [1.807, 2.05) is 6.92 Å². The minimum atomic E-state index is -4.50. The van der Waals surface area contributed by atoms with E-state index < -0.39 is 49.5 Å². The zero-order chi connectivity index (χ0) is 29.6. The zero-order valence-electron chi connectivity index (χ0n) is 22.4. The van der Waals surface area contributed by atoms with Crippen LogP contribution in [-0.2, 0) is 26.2 Å². The SMILES string of the molecule is Cc1cnc(COC(=O)N2CC3=C(C2)CN(C(=O)c2cc(F)c(S(N)(=O)=O)cc2F)C3)c(NC(=O)C(C)(C)C)c1. The predicted octanol–water partition coefficient (Wildman–Crippen LogP) is 2.71. The Balaban J connectivity index is 1.36. The van der Waals surface area contributed by atoms with Gasteiger partial charge in [0.1, 0.15) is 28.8 Å². The van der Waals surface area contributed by atoms with Crippen molar-refractivity contribution in [3.8, 4) is 0 Å². The van der Waals surface area contributed by atoms with Crippen molar-refractivity contribution in [2.24, 2.45) is 10.6 Å². The average molecular weight is 578 g/mol. The summed E-state index contributed by atoms with van der Waals surface area (Å²) in [5.74, 6) is -3.58. The van der Waals surface area contributed by atoms with Crippen LogP contribution in [0.15, 0.2) is 40.4 Å². The molecule has 11 nitrogen and oxygen atoms in total. The third kappa shape index (κ3) is 6.12. The van der Waals surface area contributed by atoms with E-state index in [9.17, 15) is 31.6 Å². The van der Waals surface area contributed by atoms with Crippen LogP contribution in [-0.4, -0.2) is 67.3 Å². The number of pyridine rings is 1. The van der Waals surface area contributed by atoms with Crippen LogP contribution in [0, 0.1) is 24.0 Å². The molecule has 2 aromatic rings. The number of nitrogens with zero attached hydrogens (tertiary/aromatic N) is 3. The first-order valence-corrected chi connectivity index (χ1v) is 13.8. The summed E-state index contributed by atoms with van der Waals surface area (Å²) < 4.78 is 56.9. The van der Waals surface area contributed by atoms with E-state index >= 15 is 0 Å². The smallest absolute Gasteiger partial charge is 0.410 e. The molecule has 2 aliphatic heterocycles. The summed E-state index contributed by atoms with van der Waals surface area (Å²) in [6, 6.07) is 2.64. The quantitative estimate of drug-likeness (QED) is 0.519. The number of carbonyl (C=O) groups is 3. The lowest BCUT2D eigenvalue weighted by atomic mass is 9.95. The summed E-state index contributed by atoms with van der Waals surface area (Å²) in [7, 11) is -4.50. The second kappa shape index (κ2) is 10.6. The van der Waals surface area contributed by atoms with Gasteiger partial charge in [-0.2, -0.15) is 0 Å². The molecule has 0 saturated carbocycles. The molecule has 0 spiro atoms. The monoisotopic (exact) mass is 577 g/mol. The Hall–Kier alpha value is -3.91. The highest BCUT2D eigenvalue weighted by molar-refractivity contribution is 7.89. The van der Waals surface area contributed by atoms with E-state index in [0.29, 0.717) is 23.5 Å². The second-order valence-electron chi connectivity index (χ2n) is 10.8. The number of primary sulfonamides is 1. The molecule has 3 N–H and O–H groups in total. The van der Waals surface area contributed by atoms with E-state index in [0.717, 1.165) is 16.7 Å². The molecule has 2 aliphatic rings. The molecule has 0 atom stereocenters. The largest absolute Gasteiger partial charge is 0.443 e. The number of rotatable bonds is 5. The fourth-order valence-electron chi connectivity index (χ4n) is 4.29. The lowest BCUT2D eigenvalue weighted by Crippen LogP contribution is -2.37. The molecular formula is C26H29F2N5O6S. The van der Waals surface area contributed by atoms with Gasteiger partial charge in [-0.3, -0.25) is 14.6 Å². The van der Waals surface area contributed by atoms with Gasteiger partial charge in [0.25, 0.3) is 5.91 Å². The summed E-state index contributed by atoms with van der Waals surface area (Å²) in [6.45, 7) is 7.49. The lowest BCUT2D eigenvalue weighted by molar-refractivity contribution is -0.123. The van der Waals surface area contributed by atoms with Crippen LogP contribution in [0.3, 0.4) is 0 Å². The minimum absolute atomic E-state index is 0.0818. The Labute approximate surface area is 230 Å². The van der Waals surface area contributed by atoms with Crippen LogP contribution in [0.5, 0.6) is 0 Å². The summed E-state index contributed by atoms with van der Waals surface area (Å²) >= 11 is 0. The van der Waals surface area contributed by atoms with Crippen molar-refractivity contribution in [1.82, 2.24) is 14.8 Å². The maximum absolute atomic E-state index is 14.5. The molecule has 0 saturated heterocycles. The molecule has 1 aromatic heterocycles. The standard InChI is InChI=1S/C26H29F2N5O6S/c1-14-5-20(31-24(35)26(2,3)4)21(30-8-14)13-39-25(36)33-11-15-9-32(10-16(15)12-33)23(34)17-6-19(28)22(7-18(17)27)40(29,37)38/h5-8H,9-13H2,1-4H3,(H,31,35)(H2,29,37,38). The molecule has 4 rings (SSSR count). The van der Waals surface area contributed by atoms with Crippen LogP contribution >= 0.6 is 0 Å². The van der Waals surface area contributed by atoms with Crippen molar-refractivity contribution in [3.63, 3.8) is 0 Å². The van der Waals surface area contributed by atoms with Gasteiger partial charge in [0.15, 0.2) is 0 Å². The molecule has 0 radical (unpaired) electrons. The molecule has 0 aliphatic carbocycles. The van der Waals surface area contributed by atoms with Crippen molar-refractivity contribution in [2.75, 3.05) is 31.5 Å². The Morgan fingerprint density at radius 2 is 1.62 bits per heavy atom. The van der Waals surface area contributed by atoms with Crippen molar-refractivity contribution in [2.45, 2.75) is 39.2 Å². The summed E-state index contributed by atoms with van der Waals surface area (Å²) in [4.78, 5) is 44.1. The maximum atomic E-state index is 14.5. The van der Waals surface area contributed by atoms with Crippen LogP contribution in [0.4, 0.5) is 19.3 Å². The first-order valence-electron chi connectivity index (χ1n) is 12.2. The number of aryl methyl sites for hydroxylation is 1. The molecule has 40 heavy (non-hydrogen) atoms. The van der Waals surface area contributed by atoms with E-state index in [-0.39, 0.29) is 38.7 Å². The third-order valence-electron chi connectivity index (χ3n) is 6.50. The van der Waals surface area contributed by atoms with Gasteiger partial charge in [-0.05, 0) is 41.8 Å². The normalized spacial score (nSPS) is 15.4. The van der Waals surface area contributed by atoms with Gasteiger partial charge in [0.05, 0.1) is 11.3 Å². The van der Waals surface area contributed by atoms with Crippen LogP contribution in [0.2, 0.25) is 0 Å². The number of ether oxygens (including phenoxy) is 1. The first kappa shape index (κ1) is 29.1. The van der Waals surface area contributed by atoms with Crippen molar-refractivity contribution in [1.29, 1.82) is 0 Å². The zero-order valence-corrected chi connectivity index (χ0v) is 23.2. The number of aromatic nitrogens is 1. The molecule has 1 aromatic carbocycles. The number of hydrogen-bond donors (Lipinski definition) is 2. The third-order valence-corrected chi connectivity index (χ3v) is 7.43. The van der Waals surface area contributed by atoms with E-state index in [2.05, 4.69) is 10.3 Å². The summed E-state index contributed by atoms with van der Waals surface area (Å²) in [6.07, 6.45) is 0.986. The number of halogens is 2. The number of benzene rings is 1. The van der Waals surface area contributed by atoms with Crippen molar-refractivity contribution >= 4 is 33.6 Å². The Morgan fingerprint density at radius 1 is 1.02 bits per heavy atom. The van der Waals surface area contributed by atoms with Gasteiger partial charge in [-0.25, -0.2) is 27.1 Å². The minimum Gasteiger partial charge on any atom is -0.443 e. The molecule has 0 fully saturated rings. The number of hydrogen-bond acceptors (Lipinski definition) is 7. The van der Waals surface area contributed by atoms with Gasteiger partial charge in [-0.1, -0.05) is 20.8 Å². The fourth-order valence-corrected chi connectivity index (χ4v) is 4.88. The number of anilines is 1. The van der Waals surface area contributed by atoms with Crippen molar-refractivity contribution in [3.05, 3.63) is 64.0 Å². The molecular weight excluding hydrogens is 548 g/mol. The van der Waals surface area contributed by atoms with Crippen LogP contribution < -0.4 is 10.5 Å². The highest BCUT2D eigenvalue weighted by Crippen LogP contribution is 2.29. The number of nitrogens with one attached hydrogen (secondary N) is 1. The van der Waals surface area contributed by atoms with Crippen molar-refractivity contribution < 1.29 is 36.3 Å². The molecule has 3 heterocycles. The maximum Gasteiger partial charge on any atom is 0.410 e. The van der Waals surface area contributed by atoms with Gasteiger partial charge in [-0.15, -0.1) is 0 Å². The Bertz CT molecular complexity index is 1530. The second-order valence-corrected chi connectivity index (χ2v) is 12.3. The Morgan fingerprint density at radius 3 is 2.20 bits per heavy atom. The molecule has 3 amide bonds. The predicted molar refractivity (Wildman–Crippen MR) is 139 cm³/mol. The molecule has 214 valence electrons. The Kier molecular flexibility index (Phi) is 7.69. The number of sulfonamides is 1. The van der Waals surface area contributed by atoms with Crippen LogP contribution in [0.1, 0.15) is 42.4 Å². The fraction of sp³-hybridized carbons (Fsp3) is 0.385. The van der Waals surface area contributed by atoms with Gasteiger partial charge in [0.2, 0.25) is 15.9 Å². The van der Waals surface area contributed by atoms with Gasteiger partial charge < -0.3 is 19.9 Å². The molecule has 0 bridgehead atoms. The molecule has 14 heteroatoms. The summed E-state index contributed by atoms with van der Waals surface area (Å²) in [5, 5.41) is 7.70. The van der Waals surface area contributed by atoms with Crippen LogP contribution in [0.25, 0.3) is 0 Å². The van der Waals surface area contributed by atoms with E-state index in [1.54, 1.807) is 33.0 Å². The van der Waals surface area contributed by atoms with Gasteiger partial charge in [0, 0.05) is 37.8 Å². The van der Waals surface area contributed by atoms with E-state index in [1.165, 1.54) is 9.80 Å². The number of nitrogens with two attached hydrogens (primary N) is 1. The lowest BCUT2D eigenvalue weighted by Gasteiger charge is -2.23. The van der Waals surface area contributed by atoms with Gasteiger partial charge >= 0.3 is 6.09 Å². The highest BCUT2D eigenvalue weighted by atomic mass is 32.2. The number of amides is 3. The highest BCUT2D eigenvalue weighted by Gasteiger charge is 2.36. The first-order chi connectivity index (χ1) is 18.5. The number of carbonyl (C=O) groups excluding carboxylic acids is 3. The molecule has 0 unspecified atom stereocenters. The summed E-state index contributed by atoms with van der Waals surface area (Å²) in [5.41, 5.74) is 1.92. The average Bonchev–Trinajstić information content (AvgIpc) is 3.42.